The van der Waals surface area contributed by atoms with Crippen molar-refractivity contribution in [2.45, 2.75) is 24.8 Å². The lowest BCUT2D eigenvalue weighted by Gasteiger charge is -2.38. The maximum absolute atomic E-state index is 5.63. The van der Waals surface area contributed by atoms with Crippen LogP contribution in [0.3, 0.4) is 0 Å². The van der Waals surface area contributed by atoms with E-state index < -0.39 is 0 Å². The van der Waals surface area contributed by atoms with Gasteiger partial charge in [-0.25, -0.2) is 0 Å². The first-order chi connectivity index (χ1) is 14.2. The summed E-state index contributed by atoms with van der Waals surface area (Å²) in [7, 11) is 5.11. The summed E-state index contributed by atoms with van der Waals surface area (Å²) in [6, 6.07) is 16.5. The van der Waals surface area contributed by atoms with Crippen LogP contribution in [-0.2, 0) is 16.7 Å². The van der Waals surface area contributed by atoms with Crippen LogP contribution in [0, 0.1) is 0 Å². The van der Waals surface area contributed by atoms with Crippen molar-refractivity contribution in [3.63, 3.8) is 0 Å². The van der Waals surface area contributed by atoms with E-state index in [9.17, 15) is 0 Å². The van der Waals surface area contributed by atoms with Crippen LogP contribution in [0.5, 0.6) is 11.5 Å². The fraction of sp³-hybridized carbons (Fsp3) is 0.435. The number of methoxy groups -OCH3 is 2. The first-order valence-corrected chi connectivity index (χ1v) is 9.99. The van der Waals surface area contributed by atoms with Crippen molar-refractivity contribution in [1.29, 1.82) is 0 Å². The van der Waals surface area contributed by atoms with Crippen LogP contribution in [0.15, 0.2) is 53.5 Å². The van der Waals surface area contributed by atoms with Gasteiger partial charge in [-0.2, -0.15) is 0 Å². The molecule has 0 aromatic heterocycles. The lowest BCUT2D eigenvalue weighted by molar-refractivity contribution is 0.0514. The molecule has 0 saturated carbocycles. The number of hydrogen-bond donors (Lipinski definition) is 2. The Kier molecular flexibility index (Phi) is 7.36. The second-order valence-electron chi connectivity index (χ2n) is 7.22. The van der Waals surface area contributed by atoms with Crippen molar-refractivity contribution in [1.82, 2.24) is 10.6 Å². The zero-order chi connectivity index (χ0) is 20.5. The Balaban J connectivity index is 1.65. The molecule has 0 unspecified atom stereocenters. The monoisotopic (exact) mass is 397 g/mol. The highest BCUT2D eigenvalue weighted by molar-refractivity contribution is 5.79. The van der Waals surface area contributed by atoms with Gasteiger partial charge in [-0.05, 0) is 30.5 Å². The highest BCUT2D eigenvalue weighted by Crippen LogP contribution is 2.34. The molecule has 6 nitrogen and oxygen atoms in total. The molecule has 2 aromatic rings. The molecule has 0 radical (unpaired) electrons. The zero-order valence-electron chi connectivity index (χ0n) is 17.5. The van der Waals surface area contributed by atoms with Gasteiger partial charge in [0.25, 0.3) is 0 Å². The Morgan fingerprint density at radius 2 is 1.79 bits per heavy atom. The number of benzene rings is 2. The first-order valence-electron chi connectivity index (χ1n) is 9.99. The third kappa shape index (κ3) is 5.21. The van der Waals surface area contributed by atoms with Crippen molar-refractivity contribution < 1.29 is 14.2 Å². The van der Waals surface area contributed by atoms with Gasteiger partial charge in [0.1, 0.15) is 11.5 Å². The average molecular weight is 398 g/mol. The van der Waals surface area contributed by atoms with E-state index in [2.05, 4.69) is 46.0 Å². The molecule has 1 aliphatic rings. The SMILES string of the molecule is CN=C(NCc1ccc(OC)cc1OC)NCC1(c2ccccc2)CCOCC1. The maximum atomic E-state index is 5.63. The van der Waals surface area contributed by atoms with Crippen LogP contribution in [0.2, 0.25) is 0 Å². The van der Waals surface area contributed by atoms with Crippen LogP contribution in [0.4, 0.5) is 0 Å². The quantitative estimate of drug-likeness (QED) is 0.555. The van der Waals surface area contributed by atoms with Gasteiger partial charge < -0.3 is 24.8 Å². The zero-order valence-corrected chi connectivity index (χ0v) is 17.5. The second kappa shape index (κ2) is 10.2. The summed E-state index contributed by atoms with van der Waals surface area (Å²) >= 11 is 0. The molecule has 6 heteroatoms. The molecule has 0 bridgehead atoms. The Morgan fingerprint density at radius 3 is 2.45 bits per heavy atom. The van der Waals surface area contributed by atoms with Crippen LogP contribution < -0.4 is 20.1 Å². The molecule has 1 heterocycles. The van der Waals surface area contributed by atoms with Gasteiger partial charge in [-0.15, -0.1) is 0 Å². The van der Waals surface area contributed by atoms with Crippen molar-refractivity contribution in [2.75, 3.05) is 41.0 Å². The van der Waals surface area contributed by atoms with E-state index in [1.54, 1.807) is 21.3 Å². The Labute approximate surface area is 173 Å². The molecule has 1 saturated heterocycles. The molecule has 2 N–H and O–H groups in total. The highest BCUT2D eigenvalue weighted by atomic mass is 16.5. The fourth-order valence-electron chi connectivity index (χ4n) is 3.77. The second-order valence-corrected chi connectivity index (χ2v) is 7.22. The fourth-order valence-corrected chi connectivity index (χ4v) is 3.77. The maximum Gasteiger partial charge on any atom is 0.191 e. The predicted octanol–water partition coefficient (Wildman–Crippen LogP) is 3.12. The number of guanidine groups is 1. The van der Waals surface area contributed by atoms with Crippen molar-refractivity contribution in [2.24, 2.45) is 4.99 Å². The molecule has 0 spiro atoms. The molecule has 2 aromatic carbocycles. The first kappa shape index (κ1) is 21.0. The van der Waals surface area contributed by atoms with Crippen molar-refractivity contribution in [3.05, 3.63) is 59.7 Å². The van der Waals surface area contributed by atoms with E-state index in [1.807, 2.05) is 18.2 Å². The minimum atomic E-state index is 0.0505. The van der Waals surface area contributed by atoms with E-state index in [1.165, 1.54) is 5.56 Å². The Morgan fingerprint density at radius 1 is 1.03 bits per heavy atom. The minimum Gasteiger partial charge on any atom is -0.497 e. The van der Waals surface area contributed by atoms with Crippen LogP contribution in [0.1, 0.15) is 24.0 Å². The summed E-state index contributed by atoms with van der Waals surface area (Å²) in [6.45, 7) is 2.98. The summed E-state index contributed by atoms with van der Waals surface area (Å²) in [5.41, 5.74) is 2.44. The Bertz CT molecular complexity index is 802. The van der Waals surface area contributed by atoms with Crippen LogP contribution >= 0.6 is 0 Å². The third-order valence-corrected chi connectivity index (χ3v) is 5.59. The van der Waals surface area contributed by atoms with E-state index in [0.717, 1.165) is 55.6 Å². The van der Waals surface area contributed by atoms with Gasteiger partial charge >= 0.3 is 0 Å². The molecule has 1 fully saturated rings. The van der Waals surface area contributed by atoms with E-state index in [4.69, 9.17) is 14.2 Å². The molecule has 156 valence electrons. The van der Waals surface area contributed by atoms with Gasteiger partial charge in [0.05, 0.1) is 14.2 Å². The van der Waals surface area contributed by atoms with E-state index in [0.29, 0.717) is 6.54 Å². The largest absolute Gasteiger partial charge is 0.497 e. The Hall–Kier alpha value is -2.73. The molecule has 0 atom stereocenters. The summed E-state index contributed by atoms with van der Waals surface area (Å²) in [5, 5.41) is 6.92. The van der Waals surface area contributed by atoms with E-state index >= 15 is 0 Å². The summed E-state index contributed by atoms with van der Waals surface area (Å²) in [6.07, 6.45) is 1.99. The molecular weight excluding hydrogens is 366 g/mol. The number of aliphatic imine (C=N–C) groups is 1. The topological polar surface area (TPSA) is 64.1 Å². The lowest BCUT2D eigenvalue weighted by Crippen LogP contribution is -2.47. The highest BCUT2D eigenvalue weighted by Gasteiger charge is 2.34. The lowest BCUT2D eigenvalue weighted by atomic mass is 9.74. The number of nitrogens with one attached hydrogen (secondary N) is 2. The van der Waals surface area contributed by atoms with Gasteiger partial charge in [0.15, 0.2) is 5.96 Å². The molecular formula is C23H31N3O3. The number of hydrogen-bond acceptors (Lipinski definition) is 4. The molecule has 29 heavy (non-hydrogen) atoms. The van der Waals surface area contributed by atoms with E-state index in [-0.39, 0.29) is 5.41 Å². The average Bonchev–Trinajstić information content (AvgIpc) is 2.80. The normalized spacial score (nSPS) is 16.2. The van der Waals surface area contributed by atoms with Crippen LogP contribution in [0.25, 0.3) is 0 Å². The van der Waals surface area contributed by atoms with Gasteiger partial charge in [0.2, 0.25) is 0 Å². The molecule has 3 rings (SSSR count). The third-order valence-electron chi connectivity index (χ3n) is 5.59. The van der Waals surface area contributed by atoms with Crippen molar-refractivity contribution >= 4 is 5.96 Å². The predicted molar refractivity (Wildman–Crippen MR) is 116 cm³/mol. The summed E-state index contributed by atoms with van der Waals surface area (Å²) < 4.78 is 16.4. The summed E-state index contributed by atoms with van der Waals surface area (Å²) in [4.78, 5) is 4.40. The van der Waals surface area contributed by atoms with Crippen LogP contribution in [-0.4, -0.2) is 47.0 Å². The smallest absolute Gasteiger partial charge is 0.191 e. The summed E-state index contributed by atoms with van der Waals surface area (Å²) in [5.74, 6) is 2.33. The van der Waals surface area contributed by atoms with Gasteiger partial charge in [-0.3, -0.25) is 4.99 Å². The standard InChI is InChI=1S/C23H31N3O3/c1-24-22(25-16-18-9-10-20(27-2)15-21(18)28-3)26-17-23(11-13-29-14-12-23)19-7-5-4-6-8-19/h4-10,15H,11-14,16-17H2,1-3H3,(H2,24,25,26). The number of ether oxygens (including phenoxy) is 3. The minimum absolute atomic E-state index is 0.0505. The van der Waals surface area contributed by atoms with Gasteiger partial charge in [-0.1, -0.05) is 30.3 Å². The number of nitrogens with zero attached hydrogens (tertiary/aromatic N) is 1. The molecule has 0 aliphatic carbocycles. The molecule has 1 aliphatic heterocycles. The number of rotatable bonds is 7. The van der Waals surface area contributed by atoms with Crippen molar-refractivity contribution in [3.8, 4) is 11.5 Å². The van der Waals surface area contributed by atoms with Gasteiger partial charge in [0, 0.05) is 50.4 Å². The molecule has 0 amide bonds.